The van der Waals surface area contributed by atoms with Gasteiger partial charge in [0.25, 0.3) is 0 Å². The largest absolute Gasteiger partial charge is 0.371 e. The van der Waals surface area contributed by atoms with Gasteiger partial charge in [0.2, 0.25) is 5.91 Å². The van der Waals surface area contributed by atoms with Gasteiger partial charge in [0.1, 0.15) is 6.54 Å². The summed E-state index contributed by atoms with van der Waals surface area (Å²) >= 11 is 1.71. The zero-order valence-corrected chi connectivity index (χ0v) is 20.7. The Morgan fingerprint density at radius 2 is 1.97 bits per heavy atom. The molecular weight excluding hydrogens is 511 g/mol. The fraction of sp³-hybridized carbons (Fsp3) is 0.476. The van der Waals surface area contributed by atoms with Crippen LogP contribution in [0, 0.1) is 5.92 Å². The number of nitrogens with one attached hydrogen (secondary N) is 2. The third-order valence-corrected chi connectivity index (χ3v) is 5.96. The molecular formula is C21H31IN6OS. The summed E-state index contributed by atoms with van der Waals surface area (Å²) in [5.74, 6) is 1.28. The molecule has 1 aliphatic heterocycles. The first-order chi connectivity index (χ1) is 14.1. The quantitative estimate of drug-likeness (QED) is 0.320. The number of nitrogens with zero attached hydrogens (tertiary/aromatic N) is 4. The number of rotatable bonds is 7. The number of likely N-dealkylation sites (N-methyl/N-ethyl adjacent to an activating group) is 1. The zero-order chi connectivity index (χ0) is 20.5. The summed E-state index contributed by atoms with van der Waals surface area (Å²) in [6.07, 6.45) is 5.95. The first kappa shape index (κ1) is 24.4. The topological polar surface area (TPSA) is 72.9 Å². The highest BCUT2D eigenvalue weighted by Crippen LogP contribution is 2.22. The fourth-order valence-corrected chi connectivity index (χ4v) is 3.88. The number of pyridine rings is 1. The number of hydrogen-bond donors (Lipinski definition) is 2. The van der Waals surface area contributed by atoms with Crippen LogP contribution in [0.4, 0.5) is 5.69 Å². The minimum atomic E-state index is -0.00659. The highest BCUT2D eigenvalue weighted by atomic mass is 127. The van der Waals surface area contributed by atoms with Crippen molar-refractivity contribution in [1.29, 1.82) is 0 Å². The Labute approximate surface area is 200 Å². The van der Waals surface area contributed by atoms with E-state index in [0.717, 1.165) is 32.5 Å². The summed E-state index contributed by atoms with van der Waals surface area (Å²) in [7, 11) is 3.50. The molecule has 30 heavy (non-hydrogen) atoms. The van der Waals surface area contributed by atoms with Crippen LogP contribution in [0.3, 0.4) is 0 Å². The third kappa shape index (κ3) is 7.75. The van der Waals surface area contributed by atoms with E-state index in [4.69, 9.17) is 0 Å². The zero-order valence-electron chi connectivity index (χ0n) is 17.6. The van der Waals surface area contributed by atoms with Crippen molar-refractivity contribution in [2.24, 2.45) is 10.9 Å². The van der Waals surface area contributed by atoms with Crippen LogP contribution in [0.1, 0.15) is 17.7 Å². The van der Waals surface area contributed by atoms with Crippen LogP contribution in [0.25, 0.3) is 0 Å². The number of amides is 1. The Balaban J connectivity index is 0.00000320. The van der Waals surface area contributed by atoms with Crippen LogP contribution in [-0.2, 0) is 11.3 Å². The van der Waals surface area contributed by atoms with Crippen molar-refractivity contribution < 1.29 is 4.79 Å². The van der Waals surface area contributed by atoms with Crippen LogP contribution in [0.15, 0.2) is 47.0 Å². The van der Waals surface area contributed by atoms with Gasteiger partial charge in [0, 0.05) is 56.7 Å². The Kier molecular flexibility index (Phi) is 10.4. The van der Waals surface area contributed by atoms with E-state index in [1.807, 2.05) is 18.5 Å². The summed E-state index contributed by atoms with van der Waals surface area (Å²) in [5, 5.41) is 8.86. The van der Waals surface area contributed by atoms with Crippen molar-refractivity contribution in [3.8, 4) is 0 Å². The average Bonchev–Trinajstić information content (AvgIpc) is 3.27. The normalized spacial score (nSPS) is 14.7. The number of thiophene rings is 1. The number of hydrogen-bond acceptors (Lipinski definition) is 5. The van der Waals surface area contributed by atoms with Crippen molar-refractivity contribution in [3.05, 3.63) is 46.9 Å². The Morgan fingerprint density at radius 3 is 2.60 bits per heavy atom. The van der Waals surface area contributed by atoms with Gasteiger partial charge in [-0.05, 0) is 42.3 Å². The lowest BCUT2D eigenvalue weighted by atomic mass is 9.96. The average molecular weight is 542 g/mol. The smallest absolute Gasteiger partial charge is 0.243 e. The molecule has 0 aliphatic carbocycles. The lowest BCUT2D eigenvalue weighted by Gasteiger charge is -2.33. The molecule has 0 radical (unpaired) electrons. The van der Waals surface area contributed by atoms with Gasteiger partial charge in [-0.25, -0.2) is 4.99 Å². The van der Waals surface area contributed by atoms with Crippen molar-refractivity contribution in [1.82, 2.24) is 20.5 Å². The lowest BCUT2D eigenvalue weighted by molar-refractivity contribution is -0.127. The molecule has 1 saturated heterocycles. The predicted octanol–water partition coefficient (Wildman–Crippen LogP) is 2.80. The van der Waals surface area contributed by atoms with E-state index >= 15 is 0 Å². The summed E-state index contributed by atoms with van der Waals surface area (Å²) in [5.41, 5.74) is 1.24. The molecule has 9 heteroatoms. The van der Waals surface area contributed by atoms with Gasteiger partial charge in [-0.1, -0.05) is 6.07 Å². The number of guanidine groups is 1. The molecule has 0 aromatic carbocycles. The van der Waals surface area contributed by atoms with E-state index in [1.165, 1.54) is 10.6 Å². The van der Waals surface area contributed by atoms with E-state index in [9.17, 15) is 4.79 Å². The standard InChI is InChI=1S/C21H30N6OS.HI/c1-26(2)20(28)16-25-21(24-15-19-4-3-13-29-19)23-14-17-7-11-27(12-8-17)18-5-9-22-10-6-18;/h3-6,9-10,13,17H,7-8,11-12,14-16H2,1-2H3,(H2,23,24,25);1H. The molecule has 2 aromatic heterocycles. The van der Waals surface area contributed by atoms with E-state index in [-0.39, 0.29) is 36.4 Å². The maximum absolute atomic E-state index is 11.9. The number of anilines is 1. The molecule has 0 bridgehead atoms. The molecule has 2 aromatic rings. The SMILES string of the molecule is CN(C)C(=O)CN=C(NCc1cccs1)NCC1CCN(c2ccncc2)CC1.I. The first-order valence-corrected chi connectivity index (χ1v) is 10.9. The Morgan fingerprint density at radius 1 is 1.23 bits per heavy atom. The molecule has 1 fully saturated rings. The van der Waals surface area contributed by atoms with Crippen LogP contribution < -0.4 is 15.5 Å². The summed E-state index contributed by atoms with van der Waals surface area (Å²) in [4.78, 5) is 25.7. The Hall–Kier alpha value is -1.88. The van der Waals surface area contributed by atoms with E-state index in [2.05, 4.69) is 49.1 Å². The van der Waals surface area contributed by atoms with Gasteiger partial charge >= 0.3 is 0 Å². The van der Waals surface area contributed by atoms with Gasteiger partial charge in [0.15, 0.2) is 5.96 Å². The van der Waals surface area contributed by atoms with Crippen molar-refractivity contribution in [2.75, 3.05) is 45.2 Å². The Bertz CT molecular complexity index is 776. The van der Waals surface area contributed by atoms with Crippen LogP contribution in [-0.4, -0.2) is 62.0 Å². The minimum Gasteiger partial charge on any atom is -0.371 e. The summed E-state index contributed by atoms with van der Waals surface area (Å²) in [6, 6.07) is 8.27. The minimum absolute atomic E-state index is 0. The van der Waals surface area contributed by atoms with Gasteiger partial charge in [0.05, 0.1) is 6.54 Å². The summed E-state index contributed by atoms with van der Waals surface area (Å²) < 4.78 is 0. The summed E-state index contributed by atoms with van der Waals surface area (Å²) in [6.45, 7) is 3.80. The third-order valence-electron chi connectivity index (χ3n) is 5.08. The molecule has 0 saturated carbocycles. The number of aromatic nitrogens is 1. The van der Waals surface area contributed by atoms with Crippen LogP contribution >= 0.6 is 35.3 Å². The predicted molar refractivity (Wildman–Crippen MR) is 135 cm³/mol. The molecule has 7 nitrogen and oxygen atoms in total. The van der Waals surface area contributed by atoms with Crippen molar-refractivity contribution in [3.63, 3.8) is 0 Å². The van der Waals surface area contributed by atoms with Gasteiger partial charge in [-0.15, -0.1) is 35.3 Å². The van der Waals surface area contributed by atoms with Crippen LogP contribution in [0.2, 0.25) is 0 Å². The van der Waals surface area contributed by atoms with E-state index in [0.29, 0.717) is 18.4 Å². The van der Waals surface area contributed by atoms with E-state index < -0.39 is 0 Å². The monoisotopic (exact) mass is 542 g/mol. The number of carbonyl (C=O) groups excluding carboxylic acids is 1. The van der Waals surface area contributed by atoms with E-state index in [1.54, 1.807) is 30.3 Å². The molecule has 164 valence electrons. The second kappa shape index (κ2) is 12.7. The van der Waals surface area contributed by atoms with Gasteiger partial charge in [-0.3, -0.25) is 9.78 Å². The maximum atomic E-state index is 11.9. The molecule has 0 atom stereocenters. The highest BCUT2D eigenvalue weighted by Gasteiger charge is 2.19. The molecule has 1 amide bonds. The number of halogens is 1. The van der Waals surface area contributed by atoms with Crippen LogP contribution in [0.5, 0.6) is 0 Å². The lowest BCUT2D eigenvalue weighted by Crippen LogP contribution is -2.43. The molecule has 1 aliphatic rings. The molecule has 0 spiro atoms. The molecule has 2 N–H and O–H groups in total. The fourth-order valence-electron chi connectivity index (χ4n) is 3.24. The second-order valence-electron chi connectivity index (χ2n) is 7.40. The number of aliphatic imine (C=N–C) groups is 1. The highest BCUT2D eigenvalue weighted by molar-refractivity contribution is 14.0. The molecule has 3 rings (SSSR count). The van der Waals surface area contributed by atoms with Gasteiger partial charge in [-0.2, -0.15) is 0 Å². The number of piperidine rings is 1. The van der Waals surface area contributed by atoms with Crippen molar-refractivity contribution in [2.45, 2.75) is 19.4 Å². The second-order valence-corrected chi connectivity index (χ2v) is 8.43. The molecule has 0 unspecified atom stereocenters. The number of carbonyl (C=O) groups is 1. The van der Waals surface area contributed by atoms with Gasteiger partial charge < -0.3 is 20.4 Å². The van der Waals surface area contributed by atoms with Crippen molar-refractivity contribution >= 4 is 52.9 Å². The first-order valence-electron chi connectivity index (χ1n) is 10.0. The molecule has 3 heterocycles. The maximum Gasteiger partial charge on any atom is 0.243 e.